The molecule has 6 nitrogen and oxygen atoms in total. The molecule has 0 spiro atoms. The second-order valence-corrected chi connectivity index (χ2v) is 5.54. The maximum atomic E-state index is 11.7. The molecule has 1 aromatic rings. The van der Waals surface area contributed by atoms with Crippen LogP contribution in [0.1, 0.15) is 19.8 Å². The molecule has 1 heterocycles. The molecule has 1 unspecified atom stereocenters. The van der Waals surface area contributed by atoms with Gasteiger partial charge in [0.05, 0.1) is 4.90 Å². The lowest BCUT2D eigenvalue weighted by Crippen LogP contribution is -2.30. The van der Waals surface area contributed by atoms with Crippen molar-refractivity contribution in [1.29, 1.82) is 0 Å². The first-order valence-electron chi connectivity index (χ1n) is 5.30. The van der Waals surface area contributed by atoms with Crippen LogP contribution in [0.4, 0.5) is 0 Å². The van der Waals surface area contributed by atoms with Crippen molar-refractivity contribution in [3.8, 4) is 0 Å². The van der Waals surface area contributed by atoms with Gasteiger partial charge in [-0.15, -0.1) is 0 Å². The van der Waals surface area contributed by atoms with Crippen LogP contribution in [0.15, 0.2) is 23.4 Å². The second-order valence-electron chi connectivity index (χ2n) is 3.77. The number of aliphatic carboxylic acids is 1. The number of carboxylic acids is 1. The van der Waals surface area contributed by atoms with E-state index in [1.807, 2.05) is 6.92 Å². The highest BCUT2D eigenvalue weighted by Crippen LogP contribution is 2.10. The molecule has 0 saturated carbocycles. The van der Waals surface area contributed by atoms with Crippen molar-refractivity contribution < 1.29 is 18.3 Å². The van der Waals surface area contributed by atoms with Gasteiger partial charge in [0.2, 0.25) is 10.0 Å². The quantitative estimate of drug-likeness (QED) is 0.675. The summed E-state index contributed by atoms with van der Waals surface area (Å²) in [5.74, 6) is -1.11. The molecule has 0 fully saturated rings. The second kappa shape index (κ2) is 5.83. The molecule has 0 aliphatic rings. The summed E-state index contributed by atoms with van der Waals surface area (Å²) in [6.07, 6.45) is 3.47. The Balaban J connectivity index is 2.57. The van der Waals surface area contributed by atoms with E-state index in [-0.39, 0.29) is 23.8 Å². The number of sulfonamides is 1. The lowest BCUT2D eigenvalue weighted by Gasteiger charge is -2.13. The highest BCUT2D eigenvalue weighted by atomic mass is 32.2. The fourth-order valence-electron chi connectivity index (χ4n) is 1.39. The van der Waals surface area contributed by atoms with E-state index in [9.17, 15) is 13.2 Å². The molecule has 0 radical (unpaired) electrons. The fraction of sp³-hybridized carbons (Fsp3) is 0.500. The summed E-state index contributed by atoms with van der Waals surface area (Å²) in [6.45, 7) is 1.97. The molecule has 1 rings (SSSR count). The molecule has 96 valence electrons. The number of rotatable bonds is 7. The van der Waals surface area contributed by atoms with Gasteiger partial charge in [0, 0.05) is 25.4 Å². The molecule has 0 aliphatic carbocycles. The average molecular weight is 260 g/mol. The Bertz CT molecular complexity index is 453. The molecule has 17 heavy (non-hydrogen) atoms. The number of carboxylic acid groups (broad SMARTS) is 1. The third kappa shape index (κ3) is 4.20. The zero-order chi connectivity index (χ0) is 12.9. The van der Waals surface area contributed by atoms with Gasteiger partial charge in [0.25, 0.3) is 0 Å². The van der Waals surface area contributed by atoms with Crippen molar-refractivity contribution in [1.82, 2.24) is 9.71 Å². The summed E-state index contributed by atoms with van der Waals surface area (Å²) in [5, 5.41) is 8.65. The third-order valence-electron chi connectivity index (χ3n) is 2.48. The van der Waals surface area contributed by atoms with E-state index >= 15 is 0 Å². The van der Waals surface area contributed by atoms with Gasteiger partial charge >= 0.3 is 5.97 Å². The lowest BCUT2D eigenvalue weighted by atomic mass is 10.0. The SMILES string of the molecule is CCC(CNS(=O)(=O)c1cc[nH]c1)CC(=O)O. The summed E-state index contributed by atoms with van der Waals surface area (Å²) < 4.78 is 25.8. The number of hydrogen-bond acceptors (Lipinski definition) is 3. The van der Waals surface area contributed by atoms with Crippen molar-refractivity contribution in [3.05, 3.63) is 18.5 Å². The van der Waals surface area contributed by atoms with Crippen molar-refractivity contribution >= 4 is 16.0 Å². The molecule has 7 heteroatoms. The number of H-pyrrole nitrogens is 1. The van der Waals surface area contributed by atoms with Crippen LogP contribution in [0.5, 0.6) is 0 Å². The van der Waals surface area contributed by atoms with Crippen LogP contribution >= 0.6 is 0 Å². The summed E-state index contributed by atoms with van der Waals surface area (Å²) >= 11 is 0. The number of aromatic nitrogens is 1. The normalized spacial score (nSPS) is 13.5. The maximum Gasteiger partial charge on any atom is 0.303 e. The number of aromatic amines is 1. The average Bonchev–Trinajstić information content (AvgIpc) is 2.77. The van der Waals surface area contributed by atoms with Gasteiger partial charge in [-0.3, -0.25) is 4.79 Å². The van der Waals surface area contributed by atoms with E-state index in [2.05, 4.69) is 9.71 Å². The Kier molecular flexibility index (Phi) is 4.71. The predicted molar refractivity (Wildman–Crippen MR) is 62.0 cm³/mol. The summed E-state index contributed by atoms with van der Waals surface area (Å²) in [7, 11) is -3.53. The van der Waals surface area contributed by atoms with E-state index in [0.717, 1.165) is 0 Å². The minimum absolute atomic E-state index is 0.0356. The molecule has 1 atom stereocenters. The minimum atomic E-state index is -3.53. The van der Waals surface area contributed by atoms with Crippen molar-refractivity contribution in [2.24, 2.45) is 5.92 Å². The Morgan fingerprint density at radius 3 is 2.76 bits per heavy atom. The maximum absolute atomic E-state index is 11.7. The summed E-state index contributed by atoms with van der Waals surface area (Å²) in [5.41, 5.74) is 0. The zero-order valence-electron chi connectivity index (χ0n) is 9.51. The topological polar surface area (TPSA) is 99.3 Å². The van der Waals surface area contributed by atoms with Gasteiger partial charge in [-0.2, -0.15) is 0 Å². The van der Waals surface area contributed by atoms with Crippen molar-refractivity contribution in [2.45, 2.75) is 24.7 Å². The molecule has 0 saturated heterocycles. The van der Waals surface area contributed by atoms with Gasteiger partial charge in [-0.05, 0) is 12.0 Å². The predicted octanol–water partition coefficient (Wildman–Crippen LogP) is 0.794. The van der Waals surface area contributed by atoms with Crippen molar-refractivity contribution in [2.75, 3.05) is 6.54 Å². The van der Waals surface area contributed by atoms with E-state index in [1.165, 1.54) is 18.5 Å². The van der Waals surface area contributed by atoms with Gasteiger partial charge in [-0.25, -0.2) is 13.1 Å². The third-order valence-corrected chi connectivity index (χ3v) is 3.90. The first kappa shape index (κ1) is 13.7. The highest BCUT2D eigenvalue weighted by Gasteiger charge is 2.17. The van der Waals surface area contributed by atoms with Crippen LogP contribution in [0.2, 0.25) is 0 Å². The summed E-state index contributed by atoms with van der Waals surface area (Å²) in [6, 6.07) is 1.44. The van der Waals surface area contributed by atoms with Crippen LogP contribution in [0.25, 0.3) is 0 Å². The van der Waals surface area contributed by atoms with Gasteiger partial charge < -0.3 is 10.1 Å². The molecule has 0 aliphatic heterocycles. The molecule has 3 N–H and O–H groups in total. The Morgan fingerprint density at radius 2 is 2.29 bits per heavy atom. The minimum Gasteiger partial charge on any atom is -0.481 e. The molecular formula is C10H16N2O4S. The molecule has 0 bridgehead atoms. The van der Waals surface area contributed by atoms with E-state index in [1.54, 1.807) is 0 Å². The van der Waals surface area contributed by atoms with Crippen LogP contribution in [0, 0.1) is 5.92 Å². The largest absolute Gasteiger partial charge is 0.481 e. The van der Waals surface area contributed by atoms with Crippen LogP contribution < -0.4 is 4.72 Å². The van der Waals surface area contributed by atoms with Crippen LogP contribution in [-0.2, 0) is 14.8 Å². The van der Waals surface area contributed by atoms with Crippen LogP contribution in [0.3, 0.4) is 0 Å². The zero-order valence-corrected chi connectivity index (χ0v) is 10.3. The standard InChI is InChI=1S/C10H16N2O4S/c1-2-8(5-10(13)14)6-12-17(15,16)9-3-4-11-7-9/h3-4,7-8,11-12H,2,5-6H2,1H3,(H,13,14). The van der Waals surface area contributed by atoms with Crippen molar-refractivity contribution in [3.63, 3.8) is 0 Å². The van der Waals surface area contributed by atoms with E-state index in [4.69, 9.17) is 5.11 Å². The summed E-state index contributed by atoms with van der Waals surface area (Å²) in [4.78, 5) is 13.4. The highest BCUT2D eigenvalue weighted by molar-refractivity contribution is 7.89. The van der Waals surface area contributed by atoms with E-state index in [0.29, 0.717) is 6.42 Å². The number of nitrogens with one attached hydrogen (secondary N) is 2. The first-order valence-corrected chi connectivity index (χ1v) is 6.78. The Hall–Kier alpha value is -1.34. The van der Waals surface area contributed by atoms with Crippen LogP contribution in [-0.4, -0.2) is 31.0 Å². The van der Waals surface area contributed by atoms with Gasteiger partial charge in [-0.1, -0.05) is 13.3 Å². The number of hydrogen-bond donors (Lipinski definition) is 3. The molecule has 0 amide bonds. The van der Waals surface area contributed by atoms with Gasteiger partial charge in [0.15, 0.2) is 0 Å². The lowest BCUT2D eigenvalue weighted by molar-refractivity contribution is -0.138. The van der Waals surface area contributed by atoms with E-state index < -0.39 is 16.0 Å². The smallest absolute Gasteiger partial charge is 0.303 e. The molecular weight excluding hydrogens is 244 g/mol. The number of carbonyl (C=O) groups is 1. The first-order chi connectivity index (χ1) is 7.95. The Labute approximate surface area is 100 Å². The monoisotopic (exact) mass is 260 g/mol. The van der Waals surface area contributed by atoms with Gasteiger partial charge in [0.1, 0.15) is 0 Å². The fourth-order valence-corrected chi connectivity index (χ4v) is 2.49. The molecule has 1 aromatic heterocycles. The molecule has 0 aromatic carbocycles. The Morgan fingerprint density at radius 1 is 1.59 bits per heavy atom.